The SMILES string of the molecule is COC1CC[C@]2(CO2)C(C(C)(C)[C@H](C)CCC(C)C)C1OC. The summed E-state index contributed by atoms with van der Waals surface area (Å²) in [6.45, 7) is 12.7. The molecular formula is C19H36O3. The molecule has 22 heavy (non-hydrogen) atoms. The molecule has 2 aliphatic rings. The van der Waals surface area contributed by atoms with Crippen molar-refractivity contribution in [3.8, 4) is 0 Å². The van der Waals surface area contributed by atoms with E-state index in [-0.39, 0.29) is 23.2 Å². The van der Waals surface area contributed by atoms with Gasteiger partial charge in [0.05, 0.1) is 24.4 Å². The third kappa shape index (κ3) is 3.37. The molecule has 0 radical (unpaired) electrons. The van der Waals surface area contributed by atoms with E-state index in [1.165, 1.54) is 12.8 Å². The minimum Gasteiger partial charge on any atom is -0.379 e. The van der Waals surface area contributed by atoms with E-state index in [4.69, 9.17) is 14.2 Å². The molecule has 1 saturated carbocycles. The first kappa shape index (κ1) is 18.2. The summed E-state index contributed by atoms with van der Waals surface area (Å²) in [6, 6.07) is 0. The summed E-state index contributed by atoms with van der Waals surface area (Å²) < 4.78 is 17.7. The molecule has 3 heteroatoms. The number of methoxy groups -OCH3 is 2. The van der Waals surface area contributed by atoms with E-state index in [0.717, 1.165) is 25.4 Å². The number of hydrogen-bond acceptors (Lipinski definition) is 3. The van der Waals surface area contributed by atoms with E-state index >= 15 is 0 Å². The molecule has 0 bridgehead atoms. The molecule has 1 spiro atoms. The van der Waals surface area contributed by atoms with E-state index in [1.807, 2.05) is 14.2 Å². The van der Waals surface area contributed by atoms with Crippen molar-refractivity contribution in [3.05, 3.63) is 0 Å². The van der Waals surface area contributed by atoms with Crippen LogP contribution in [0.3, 0.4) is 0 Å². The monoisotopic (exact) mass is 312 g/mol. The lowest BCUT2D eigenvalue weighted by molar-refractivity contribution is -0.151. The van der Waals surface area contributed by atoms with Gasteiger partial charge in [-0.15, -0.1) is 0 Å². The van der Waals surface area contributed by atoms with Gasteiger partial charge in [0.2, 0.25) is 0 Å². The molecule has 2 rings (SSSR count). The van der Waals surface area contributed by atoms with Crippen LogP contribution in [0.15, 0.2) is 0 Å². The van der Waals surface area contributed by atoms with Crippen molar-refractivity contribution in [3.63, 3.8) is 0 Å². The molecule has 1 aliphatic carbocycles. The van der Waals surface area contributed by atoms with E-state index in [2.05, 4.69) is 34.6 Å². The van der Waals surface area contributed by atoms with Crippen LogP contribution in [0, 0.1) is 23.2 Å². The van der Waals surface area contributed by atoms with E-state index in [0.29, 0.717) is 11.8 Å². The Morgan fingerprint density at radius 3 is 2.23 bits per heavy atom. The molecule has 1 saturated heterocycles. The van der Waals surface area contributed by atoms with E-state index in [1.54, 1.807) is 0 Å². The lowest BCUT2D eigenvalue weighted by Crippen LogP contribution is -2.56. The van der Waals surface area contributed by atoms with Crippen LogP contribution in [0.5, 0.6) is 0 Å². The van der Waals surface area contributed by atoms with Crippen LogP contribution < -0.4 is 0 Å². The van der Waals surface area contributed by atoms with Gasteiger partial charge in [-0.1, -0.05) is 41.0 Å². The first-order chi connectivity index (χ1) is 10.3. The van der Waals surface area contributed by atoms with E-state index in [9.17, 15) is 0 Å². The molecule has 0 amide bonds. The Morgan fingerprint density at radius 1 is 1.14 bits per heavy atom. The third-order valence-corrected chi connectivity index (χ3v) is 6.45. The minimum atomic E-state index is 0.0469. The van der Waals surface area contributed by atoms with Crippen molar-refractivity contribution in [1.82, 2.24) is 0 Å². The van der Waals surface area contributed by atoms with Gasteiger partial charge in [-0.3, -0.25) is 0 Å². The van der Waals surface area contributed by atoms with Gasteiger partial charge in [-0.25, -0.2) is 0 Å². The Bertz CT molecular complexity index is 360. The van der Waals surface area contributed by atoms with Crippen molar-refractivity contribution < 1.29 is 14.2 Å². The largest absolute Gasteiger partial charge is 0.379 e. The van der Waals surface area contributed by atoms with Crippen molar-refractivity contribution in [2.75, 3.05) is 20.8 Å². The molecule has 0 N–H and O–H groups in total. The molecule has 3 unspecified atom stereocenters. The smallest absolute Gasteiger partial charge is 0.0976 e. The number of epoxide rings is 1. The van der Waals surface area contributed by atoms with Crippen molar-refractivity contribution >= 4 is 0 Å². The second-order valence-corrected chi connectivity index (χ2v) is 8.54. The van der Waals surface area contributed by atoms with Gasteiger partial charge in [0.1, 0.15) is 0 Å². The lowest BCUT2D eigenvalue weighted by Gasteiger charge is -2.50. The minimum absolute atomic E-state index is 0.0469. The summed E-state index contributed by atoms with van der Waals surface area (Å²) in [5.74, 6) is 1.82. The second kappa shape index (κ2) is 6.78. The molecular weight excluding hydrogens is 276 g/mol. The number of rotatable bonds is 7. The van der Waals surface area contributed by atoms with Gasteiger partial charge >= 0.3 is 0 Å². The van der Waals surface area contributed by atoms with Gasteiger partial charge in [0, 0.05) is 20.1 Å². The van der Waals surface area contributed by atoms with Gasteiger partial charge < -0.3 is 14.2 Å². The van der Waals surface area contributed by atoms with Crippen LogP contribution in [0.2, 0.25) is 0 Å². The first-order valence-electron chi connectivity index (χ1n) is 8.98. The summed E-state index contributed by atoms with van der Waals surface area (Å²) in [7, 11) is 3.65. The highest BCUT2D eigenvalue weighted by molar-refractivity contribution is 5.12. The molecule has 0 aromatic carbocycles. The standard InChI is InChI=1S/C19H36O3/c1-13(2)8-9-14(3)18(4,5)17-16(21-7)15(20-6)10-11-19(17)12-22-19/h13-17H,8-12H2,1-7H3/t14-,15?,16?,17?,19+/m1/s1. The van der Waals surface area contributed by atoms with Crippen molar-refractivity contribution in [2.24, 2.45) is 23.2 Å². The lowest BCUT2D eigenvalue weighted by atomic mass is 9.58. The van der Waals surface area contributed by atoms with Crippen LogP contribution in [-0.2, 0) is 14.2 Å². The van der Waals surface area contributed by atoms with Gasteiger partial charge in [-0.2, -0.15) is 0 Å². The Labute approximate surface area is 137 Å². The predicted octanol–water partition coefficient (Wildman–Crippen LogP) is 4.29. The Balaban J connectivity index is 2.20. The van der Waals surface area contributed by atoms with Crippen molar-refractivity contribution in [1.29, 1.82) is 0 Å². The Kier molecular flexibility index (Phi) is 5.62. The predicted molar refractivity (Wildman–Crippen MR) is 90.0 cm³/mol. The quantitative estimate of drug-likeness (QED) is 0.657. The maximum atomic E-state index is 6.00. The molecule has 0 aromatic rings. The summed E-state index contributed by atoms with van der Waals surface area (Å²) in [6.07, 6.45) is 5.04. The Morgan fingerprint density at radius 2 is 1.77 bits per heavy atom. The van der Waals surface area contributed by atoms with Crippen molar-refractivity contribution in [2.45, 2.75) is 78.1 Å². The van der Waals surface area contributed by atoms with Crippen LogP contribution in [-0.4, -0.2) is 38.6 Å². The summed E-state index contributed by atoms with van der Waals surface area (Å²) >= 11 is 0. The fourth-order valence-corrected chi connectivity index (χ4v) is 4.54. The zero-order valence-electron chi connectivity index (χ0n) is 15.6. The summed E-state index contributed by atoms with van der Waals surface area (Å²) in [5.41, 5.74) is 0.231. The number of ether oxygens (including phenoxy) is 3. The molecule has 2 fully saturated rings. The molecule has 3 nitrogen and oxygen atoms in total. The van der Waals surface area contributed by atoms with Crippen LogP contribution in [0.4, 0.5) is 0 Å². The van der Waals surface area contributed by atoms with Crippen LogP contribution in [0.1, 0.15) is 60.3 Å². The summed E-state index contributed by atoms with van der Waals surface area (Å²) in [4.78, 5) is 0. The zero-order chi connectivity index (χ0) is 16.5. The molecule has 5 atom stereocenters. The average Bonchev–Trinajstić information content (AvgIpc) is 3.23. The fourth-order valence-electron chi connectivity index (χ4n) is 4.54. The Hall–Kier alpha value is -0.120. The molecule has 1 heterocycles. The third-order valence-electron chi connectivity index (χ3n) is 6.45. The maximum absolute atomic E-state index is 6.00. The topological polar surface area (TPSA) is 31.0 Å². The molecule has 1 aliphatic heterocycles. The average molecular weight is 312 g/mol. The summed E-state index contributed by atoms with van der Waals surface area (Å²) in [5, 5.41) is 0. The first-order valence-corrected chi connectivity index (χ1v) is 8.98. The normalized spacial score (nSPS) is 36.8. The highest BCUT2D eigenvalue weighted by Crippen LogP contribution is 2.57. The van der Waals surface area contributed by atoms with Crippen LogP contribution >= 0.6 is 0 Å². The zero-order valence-corrected chi connectivity index (χ0v) is 15.6. The second-order valence-electron chi connectivity index (χ2n) is 8.54. The van der Waals surface area contributed by atoms with Gasteiger partial charge in [0.25, 0.3) is 0 Å². The van der Waals surface area contributed by atoms with E-state index < -0.39 is 0 Å². The maximum Gasteiger partial charge on any atom is 0.0976 e. The van der Waals surface area contributed by atoms with Gasteiger partial charge in [-0.05, 0) is 36.5 Å². The highest BCUT2D eigenvalue weighted by Gasteiger charge is 2.63. The number of hydrogen-bond donors (Lipinski definition) is 0. The fraction of sp³-hybridized carbons (Fsp3) is 1.00. The van der Waals surface area contributed by atoms with Crippen LogP contribution in [0.25, 0.3) is 0 Å². The van der Waals surface area contributed by atoms with Gasteiger partial charge in [0.15, 0.2) is 0 Å². The molecule has 130 valence electrons. The molecule has 0 aromatic heterocycles. The highest BCUT2D eigenvalue weighted by atomic mass is 16.6.